The first-order chi connectivity index (χ1) is 14.6. The van der Waals surface area contributed by atoms with E-state index in [0.717, 1.165) is 11.1 Å². The third-order valence-corrected chi connectivity index (χ3v) is 5.80. The van der Waals surface area contributed by atoms with Crippen molar-refractivity contribution in [3.63, 3.8) is 0 Å². The Morgan fingerprint density at radius 2 is 1.80 bits per heavy atom. The number of aromatic amines is 1. The van der Waals surface area contributed by atoms with Gasteiger partial charge in [0.15, 0.2) is 0 Å². The Kier molecular flexibility index (Phi) is 3.99. The quantitative estimate of drug-likeness (QED) is 0.613. The maximum Gasteiger partial charge on any atom is 0.415 e. The second-order valence-electron chi connectivity index (χ2n) is 7.25. The number of methoxy groups -OCH3 is 1. The molecule has 30 heavy (non-hydrogen) atoms. The molecular weight excluding hydrogens is 382 g/mol. The second-order valence-corrected chi connectivity index (χ2v) is 7.25. The molecule has 7 nitrogen and oxygen atoms in total. The number of nitrogens with zero attached hydrogens (tertiary/aromatic N) is 1. The number of fused-ring (bicyclic) bond motifs is 4. The summed E-state index contributed by atoms with van der Waals surface area (Å²) in [4.78, 5) is 31.2. The number of aliphatic hydroxyl groups is 1. The van der Waals surface area contributed by atoms with Gasteiger partial charge in [-0.05, 0) is 19.1 Å². The molecule has 5 rings (SSSR count). The third kappa shape index (κ3) is 2.35. The van der Waals surface area contributed by atoms with Gasteiger partial charge in [0, 0.05) is 16.7 Å². The molecule has 0 amide bonds. The summed E-state index contributed by atoms with van der Waals surface area (Å²) in [6.45, 7) is 2.22. The summed E-state index contributed by atoms with van der Waals surface area (Å²) >= 11 is 0. The van der Waals surface area contributed by atoms with Gasteiger partial charge in [0.05, 0.1) is 25.1 Å². The van der Waals surface area contributed by atoms with Crippen LogP contribution in [0.4, 0.5) is 5.82 Å². The molecule has 3 N–H and O–H groups in total. The SMILES string of the molecule is CCn1c2c(c(=O)[nH]c1=O)C(c1ccccc1OC)C1=C(O)c3ccccc3C1=[NH+]2. The zero-order valence-electron chi connectivity index (χ0n) is 16.5. The average Bonchev–Trinajstić information content (AvgIpc) is 3.05. The van der Waals surface area contributed by atoms with Crippen LogP contribution >= 0.6 is 0 Å². The molecule has 1 atom stereocenters. The number of hydrogen-bond donors (Lipinski definition) is 3. The summed E-state index contributed by atoms with van der Waals surface area (Å²) in [6, 6.07) is 14.9. The normalized spacial score (nSPS) is 16.6. The highest BCUT2D eigenvalue weighted by atomic mass is 16.5. The van der Waals surface area contributed by atoms with Gasteiger partial charge in [-0.2, -0.15) is 4.57 Å². The maximum atomic E-state index is 13.0. The Hall–Kier alpha value is -3.87. The van der Waals surface area contributed by atoms with Crippen LogP contribution in [0.25, 0.3) is 5.76 Å². The lowest BCUT2D eigenvalue weighted by Crippen LogP contribution is -2.72. The van der Waals surface area contributed by atoms with Gasteiger partial charge in [-0.1, -0.05) is 36.4 Å². The molecule has 0 radical (unpaired) electrons. The van der Waals surface area contributed by atoms with E-state index in [1.54, 1.807) is 7.11 Å². The van der Waals surface area contributed by atoms with Crippen molar-refractivity contribution in [3.05, 3.63) is 97.2 Å². The maximum absolute atomic E-state index is 13.0. The predicted molar refractivity (Wildman–Crippen MR) is 113 cm³/mol. The summed E-state index contributed by atoms with van der Waals surface area (Å²) in [5.41, 5.74) is 2.95. The lowest BCUT2D eigenvalue weighted by molar-refractivity contribution is -0.364. The van der Waals surface area contributed by atoms with Crippen molar-refractivity contribution >= 4 is 17.3 Å². The first kappa shape index (κ1) is 18.2. The van der Waals surface area contributed by atoms with Crippen molar-refractivity contribution < 1.29 is 14.8 Å². The lowest BCUT2D eigenvalue weighted by Gasteiger charge is -2.24. The van der Waals surface area contributed by atoms with E-state index in [9.17, 15) is 14.7 Å². The molecular formula is C23H20N3O4+. The van der Waals surface area contributed by atoms with Crippen molar-refractivity contribution in [1.82, 2.24) is 9.55 Å². The van der Waals surface area contributed by atoms with E-state index in [1.165, 1.54) is 4.57 Å². The Labute approximate surface area is 171 Å². The molecule has 0 spiro atoms. The number of allylic oxidation sites excluding steroid dienone is 1. The molecule has 7 heteroatoms. The number of nitrogens with one attached hydrogen (secondary N) is 2. The van der Waals surface area contributed by atoms with Crippen LogP contribution in [0.2, 0.25) is 0 Å². The highest BCUT2D eigenvalue weighted by Gasteiger charge is 2.44. The fourth-order valence-electron chi connectivity index (χ4n) is 4.50. The zero-order chi connectivity index (χ0) is 21.0. The topological polar surface area (TPSA) is 98.3 Å². The molecule has 0 bridgehead atoms. The molecule has 2 aromatic carbocycles. The largest absolute Gasteiger partial charge is 0.507 e. The summed E-state index contributed by atoms with van der Waals surface area (Å²) in [5, 5.41) is 11.2. The number of para-hydroxylation sites is 1. The number of aliphatic hydroxyl groups excluding tert-OH is 1. The van der Waals surface area contributed by atoms with Crippen LogP contribution in [0.1, 0.15) is 35.1 Å². The van der Waals surface area contributed by atoms with Crippen molar-refractivity contribution in [3.8, 4) is 5.75 Å². The first-order valence-electron chi connectivity index (χ1n) is 9.74. The Bertz CT molecular complexity index is 1380. The number of benzene rings is 2. The molecule has 1 aromatic heterocycles. The summed E-state index contributed by atoms with van der Waals surface area (Å²) < 4.78 is 7.08. The standard InChI is InChI=1S/C23H19N3O4/c1-3-26-21-18(22(28)25-23(26)29)16(14-10-6-7-11-15(14)30-2)17-19(24-21)12-8-4-5-9-13(12)20(17)27/h4-11,16,27H,3H2,1-2H3,(H,25,28,29)/p+1. The summed E-state index contributed by atoms with van der Waals surface area (Å²) in [6.07, 6.45) is 0. The Balaban J connectivity index is 1.95. The second kappa shape index (κ2) is 6.59. The number of rotatable bonds is 3. The minimum Gasteiger partial charge on any atom is -0.507 e. The molecule has 2 aliphatic rings. The predicted octanol–water partition coefficient (Wildman–Crippen LogP) is 1.19. The monoisotopic (exact) mass is 402 g/mol. The van der Waals surface area contributed by atoms with Gasteiger partial charge in [0.2, 0.25) is 0 Å². The van der Waals surface area contributed by atoms with E-state index < -0.39 is 17.2 Å². The number of ether oxygens (including phenoxy) is 1. The number of H-pyrrole nitrogens is 1. The minimum atomic E-state index is -0.609. The van der Waals surface area contributed by atoms with Crippen LogP contribution in [0, 0.1) is 0 Å². The van der Waals surface area contributed by atoms with Crippen molar-refractivity contribution in [2.24, 2.45) is 0 Å². The third-order valence-electron chi connectivity index (χ3n) is 5.80. The Morgan fingerprint density at radius 3 is 2.53 bits per heavy atom. The van der Waals surface area contributed by atoms with Crippen LogP contribution in [0.3, 0.4) is 0 Å². The summed E-state index contributed by atoms with van der Waals surface area (Å²) in [7, 11) is 1.57. The van der Waals surface area contributed by atoms with E-state index in [4.69, 9.17) is 4.74 Å². The molecule has 0 fully saturated rings. The molecule has 150 valence electrons. The fraction of sp³-hybridized carbons (Fsp3) is 0.174. The molecule has 0 saturated carbocycles. The molecule has 1 unspecified atom stereocenters. The molecule has 3 aromatic rings. The molecule has 2 heterocycles. The minimum absolute atomic E-state index is 0.114. The van der Waals surface area contributed by atoms with Crippen molar-refractivity contribution in [2.45, 2.75) is 19.4 Å². The van der Waals surface area contributed by atoms with E-state index in [0.29, 0.717) is 40.5 Å². The van der Waals surface area contributed by atoms with Crippen LogP contribution in [-0.2, 0) is 6.54 Å². The van der Waals surface area contributed by atoms with Gasteiger partial charge in [-0.15, -0.1) is 0 Å². The van der Waals surface area contributed by atoms with Crippen LogP contribution < -0.4 is 21.0 Å². The van der Waals surface area contributed by atoms with Crippen LogP contribution in [0.5, 0.6) is 5.75 Å². The van der Waals surface area contributed by atoms with Gasteiger partial charge < -0.3 is 9.84 Å². The van der Waals surface area contributed by atoms with E-state index in [2.05, 4.69) is 9.98 Å². The fourth-order valence-corrected chi connectivity index (χ4v) is 4.50. The van der Waals surface area contributed by atoms with Gasteiger partial charge >= 0.3 is 5.69 Å². The number of aromatic nitrogens is 2. The smallest absolute Gasteiger partial charge is 0.415 e. The van der Waals surface area contributed by atoms with Gasteiger partial charge in [0.25, 0.3) is 11.4 Å². The lowest BCUT2D eigenvalue weighted by atomic mass is 9.81. The number of hydrogen-bond acceptors (Lipinski definition) is 4. The van der Waals surface area contributed by atoms with Crippen LogP contribution in [-0.4, -0.2) is 27.5 Å². The average molecular weight is 402 g/mol. The van der Waals surface area contributed by atoms with Crippen molar-refractivity contribution in [2.75, 3.05) is 7.11 Å². The van der Waals surface area contributed by atoms with E-state index >= 15 is 0 Å². The zero-order valence-corrected chi connectivity index (χ0v) is 16.5. The molecule has 1 aliphatic heterocycles. The van der Waals surface area contributed by atoms with E-state index in [-0.39, 0.29) is 5.76 Å². The first-order valence-corrected chi connectivity index (χ1v) is 9.74. The van der Waals surface area contributed by atoms with Gasteiger partial charge in [-0.3, -0.25) is 9.78 Å². The van der Waals surface area contributed by atoms with Gasteiger partial charge in [-0.25, -0.2) is 9.79 Å². The molecule has 1 aliphatic carbocycles. The van der Waals surface area contributed by atoms with Crippen molar-refractivity contribution in [1.29, 1.82) is 0 Å². The Morgan fingerprint density at radius 1 is 1.10 bits per heavy atom. The van der Waals surface area contributed by atoms with Gasteiger partial charge in [0.1, 0.15) is 22.8 Å². The summed E-state index contributed by atoms with van der Waals surface area (Å²) in [5.74, 6) is 0.537. The molecule has 0 saturated heterocycles. The van der Waals surface area contributed by atoms with E-state index in [1.807, 2.05) is 55.5 Å². The van der Waals surface area contributed by atoms with Crippen LogP contribution in [0.15, 0.2) is 63.7 Å². The highest BCUT2D eigenvalue weighted by molar-refractivity contribution is 6.21. The highest BCUT2D eigenvalue weighted by Crippen LogP contribution is 2.45.